The van der Waals surface area contributed by atoms with Gasteiger partial charge >= 0.3 is 0 Å². The van der Waals surface area contributed by atoms with Gasteiger partial charge in [0.1, 0.15) is 5.69 Å². The van der Waals surface area contributed by atoms with Crippen molar-refractivity contribution in [1.29, 1.82) is 0 Å². The van der Waals surface area contributed by atoms with E-state index in [-0.39, 0.29) is 17.6 Å². The Hall–Kier alpha value is -2.93. The summed E-state index contributed by atoms with van der Waals surface area (Å²) in [4.78, 5) is 41.5. The molecule has 0 atom stereocenters. The molecule has 0 saturated carbocycles. The Morgan fingerprint density at radius 1 is 1.07 bits per heavy atom. The number of anilines is 1. The van der Waals surface area contributed by atoms with Crippen LogP contribution in [0.25, 0.3) is 0 Å². The number of hydrogen-bond donors (Lipinski definition) is 2. The Labute approximate surface area is 157 Å². The maximum atomic E-state index is 12.5. The van der Waals surface area contributed by atoms with Gasteiger partial charge in [0.15, 0.2) is 5.78 Å². The molecule has 0 unspecified atom stereocenters. The molecule has 2 N–H and O–H groups in total. The lowest BCUT2D eigenvalue weighted by Crippen LogP contribution is -2.40. The minimum absolute atomic E-state index is 0.0434. The second-order valence-electron chi connectivity index (χ2n) is 6.62. The van der Waals surface area contributed by atoms with E-state index in [0.29, 0.717) is 60.1 Å². The van der Waals surface area contributed by atoms with E-state index in [1.54, 1.807) is 43.0 Å². The zero-order chi connectivity index (χ0) is 19.6. The molecule has 7 heteroatoms. The number of nitrogens with one attached hydrogen (secondary N) is 2. The van der Waals surface area contributed by atoms with Crippen molar-refractivity contribution in [1.82, 2.24) is 9.88 Å². The third-order valence-electron chi connectivity index (χ3n) is 4.70. The number of nitrogens with zero attached hydrogens (tertiary/aromatic N) is 1. The summed E-state index contributed by atoms with van der Waals surface area (Å²) in [7, 11) is 0. The van der Waals surface area contributed by atoms with Gasteiger partial charge in [-0.2, -0.15) is 0 Å². The number of carbonyl (C=O) groups is 3. The first kappa shape index (κ1) is 18.8. The van der Waals surface area contributed by atoms with Crippen molar-refractivity contribution in [2.75, 3.05) is 31.6 Å². The van der Waals surface area contributed by atoms with Crippen LogP contribution >= 0.6 is 0 Å². The lowest BCUT2D eigenvalue weighted by molar-refractivity contribution is 0.0303. The van der Waals surface area contributed by atoms with E-state index in [1.165, 1.54) is 6.92 Å². The first-order chi connectivity index (χ1) is 12.9. The van der Waals surface area contributed by atoms with E-state index < -0.39 is 0 Å². The van der Waals surface area contributed by atoms with Gasteiger partial charge in [0.05, 0.1) is 13.2 Å². The number of Topliss-reactive ketones (excluding diaryl/α,β-unsaturated/α-hetero) is 1. The normalized spacial score (nSPS) is 14.1. The summed E-state index contributed by atoms with van der Waals surface area (Å²) < 4.78 is 5.26. The van der Waals surface area contributed by atoms with E-state index in [1.807, 2.05) is 0 Å². The topological polar surface area (TPSA) is 91.5 Å². The van der Waals surface area contributed by atoms with E-state index in [9.17, 15) is 14.4 Å². The van der Waals surface area contributed by atoms with Crippen molar-refractivity contribution in [2.45, 2.75) is 20.8 Å². The Balaban J connectivity index is 1.71. The number of ketones is 1. The summed E-state index contributed by atoms with van der Waals surface area (Å²) in [6, 6.07) is 6.79. The van der Waals surface area contributed by atoms with Gasteiger partial charge in [0.25, 0.3) is 11.8 Å². The van der Waals surface area contributed by atoms with Crippen LogP contribution in [0.2, 0.25) is 0 Å². The number of ether oxygens (including phenoxy) is 1. The van der Waals surface area contributed by atoms with Crippen LogP contribution in [0.1, 0.15) is 49.4 Å². The van der Waals surface area contributed by atoms with E-state index in [4.69, 9.17) is 4.74 Å². The second kappa shape index (κ2) is 7.75. The van der Waals surface area contributed by atoms with Crippen LogP contribution in [-0.2, 0) is 4.74 Å². The molecule has 2 aromatic rings. The minimum atomic E-state index is -0.324. The first-order valence-electron chi connectivity index (χ1n) is 8.87. The number of aromatic amines is 1. The highest BCUT2D eigenvalue weighted by molar-refractivity contribution is 6.07. The van der Waals surface area contributed by atoms with Crippen LogP contribution in [0.4, 0.5) is 5.69 Å². The number of rotatable bonds is 4. The number of aryl methyl sites for hydroxylation is 1. The van der Waals surface area contributed by atoms with Gasteiger partial charge in [-0.25, -0.2) is 0 Å². The summed E-state index contributed by atoms with van der Waals surface area (Å²) in [5, 5.41) is 2.80. The Bertz CT molecular complexity index is 877. The molecule has 1 aromatic carbocycles. The van der Waals surface area contributed by atoms with Gasteiger partial charge in [0, 0.05) is 35.6 Å². The zero-order valence-corrected chi connectivity index (χ0v) is 15.7. The monoisotopic (exact) mass is 369 g/mol. The number of hydrogen-bond acceptors (Lipinski definition) is 4. The van der Waals surface area contributed by atoms with Gasteiger partial charge < -0.3 is 19.9 Å². The maximum absolute atomic E-state index is 12.5. The molecule has 1 aromatic heterocycles. The van der Waals surface area contributed by atoms with Crippen molar-refractivity contribution in [3.8, 4) is 0 Å². The quantitative estimate of drug-likeness (QED) is 0.810. The zero-order valence-electron chi connectivity index (χ0n) is 15.7. The summed E-state index contributed by atoms with van der Waals surface area (Å²) in [5.74, 6) is -0.445. The summed E-state index contributed by atoms with van der Waals surface area (Å²) >= 11 is 0. The van der Waals surface area contributed by atoms with Crippen LogP contribution in [0.3, 0.4) is 0 Å². The van der Waals surface area contributed by atoms with Crippen molar-refractivity contribution in [3.63, 3.8) is 0 Å². The highest BCUT2D eigenvalue weighted by atomic mass is 16.5. The second-order valence-corrected chi connectivity index (χ2v) is 6.62. The fourth-order valence-corrected chi connectivity index (χ4v) is 3.34. The van der Waals surface area contributed by atoms with Crippen molar-refractivity contribution in [3.05, 3.63) is 52.3 Å². The molecule has 0 spiro atoms. The van der Waals surface area contributed by atoms with E-state index in [2.05, 4.69) is 10.3 Å². The van der Waals surface area contributed by atoms with Crippen molar-refractivity contribution < 1.29 is 19.1 Å². The molecule has 7 nitrogen and oxygen atoms in total. The highest BCUT2D eigenvalue weighted by Gasteiger charge is 2.21. The first-order valence-corrected chi connectivity index (χ1v) is 8.87. The van der Waals surface area contributed by atoms with Crippen LogP contribution in [0.5, 0.6) is 0 Å². The number of H-pyrrole nitrogens is 1. The highest BCUT2D eigenvalue weighted by Crippen LogP contribution is 2.20. The van der Waals surface area contributed by atoms with Crippen molar-refractivity contribution >= 4 is 23.3 Å². The molecule has 1 aliphatic heterocycles. The SMILES string of the molecule is CC(=O)c1c(C)[nH]c(C(=O)Nc2ccc(C(=O)N3CCOCC3)cc2)c1C. The number of aromatic nitrogens is 1. The largest absolute Gasteiger partial charge is 0.378 e. The number of benzene rings is 1. The van der Waals surface area contributed by atoms with E-state index >= 15 is 0 Å². The molecule has 3 rings (SSSR count). The van der Waals surface area contributed by atoms with Crippen LogP contribution in [-0.4, -0.2) is 53.8 Å². The van der Waals surface area contributed by atoms with Gasteiger partial charge in [-0.05, 0) is 50.6 Å². The molecule has 2 heterocycles. The van der Waals surface area contributed by atoms with Crippen molar-refractivity contribution in [2.24, 2.45) is 0 Å². The molecule has 1 aliphatic rings. The third kappa shape index (κ3) is 3.93. The summed E-state index contributed by atoms with van der Waals surface area (Å²) in [6.07, 6.45) is 0. The molecular formula is C20H23N3O4. The molecule has 2 amide bonds. The predicted molar refractivity (Wildman–Crippen MR) is 101 cm³/mol. The predicted octanol–water partition coefficient (Wildman–Crippen LogP) is 2.56. The molecular weight excluding hydrogens is 346 g/mol. The number of morpholine rings is 1. The molecule has 1 saturated heterocycles. The Morgan fingerprint density at radius 3 is 2.26 bits per heavy atom. The standard InChI is InChI=1S/C20H23N3O4/c1-12-17(14(3)24)13(2)21-18(12)19(25)22-16-6-4-15(5-7-16)20(26)23-8-10-27-11-9-23/h4-7,21H,8-11H2,1-3H3,(H,22,25). The summed E-state index contributed by atoms with van der Waals surface area (Å²) in [5.41, 5.74) is 3.38. The Kier molecular flexibility index (Phi) is 5.41. The third-order valence-corrected chi connectivity index (χ3v) is 4.70. The lowest BCUT2D eigenvalue weighted by atomic mass is 10.1. The average Bonchev–Trinajstić information content (AvgIpc) is 2.97. The molecule has 0 aliphatic carbocycles. The summed E-state index contributed by atoms with van der Waals surface area (Å²) in [6.45, 7) is 7.28. The molecule has 0 radical (unpaired) electrons. The average molecular weight is 369 g/mol. The molecule has 1 fully saturated rings. The van der Waals surface area contributed by atoms with Crippen LogP contribution < -0.4 is 5.32 Å². The molecule has 142 valence electrons. The smallest absolute Gasteiger partial charge is 0.272 e. The lowest BCUT2D eigenvalue weighted by Gasteiger charge is -2.26. The van der Waals surface area contributed by atoms with E-state index in [0.717, 1.165) is 0 Å². The van der Waals surface area contributed by atoms with Gasteiger partial charge in [-0.15, -0.1) is 0 Å². The Morgan fingerprint density at radius 2 is 1.70 bits per heavy atom. The number of carbonyl (C=O) groups excluding carboxylic acids is 3. The molecule has 27 heavy (non-hydrogen) atoms. The van der Waals surface area contributed by atoms with Gasteiger partial charge in [-0.1, -0.05) is 0 Å². The fourth-order valence-electron chi connectivity index (χ4n) is 3.34. The van der Waals surface area contributed by atoms with Gasteiger partial charge in [0.2, 0.25) is 0 Å². The fraction of sp³-hybridized carbons (Fsp3) is 0.350. The molecule has 0 bridgehead atoms. The van der Waals surface area contributed by atoms with Crippen LogP contribution in [0.15, 0.2) is 24.3 Å². The van der Waals surface area contributed by atoms with Gasteiger partial charge in [-0.3, -0.25) is 14.4 Å². The van der Waals surface area contributed by atoms with Crippen LogP contribution in [0, 0.1) is 13.8 Å². The number of amides is 2. The maximum Gasteiger partial charge on any atom is 0.272 e. The minimum Gasteiger partial charge on any atom is -0.378 e.